The number of nitrogens with zero attached hydrogens (tertiary/aromatic N) is 1. The molecular weight excluding hydrogens is 232 g/mol. The molecule has 2 heteroatoms. The summed E-state index contributed by atoms with van der Waals surface area (Å²) in [5.41, 5.74) is 2.85. The summed E-state index contributed by atoms with van der Waals surface area (Å²) in [6.45, 7) is 5.56. The number of nitrogens with one attached hydrogen (secondary N) is 1. The van der Waals surface area contributed by atoms with Crippen LogP contribution < -0.4 is 5.32 Å². The number of fused-ring (bicyclic) bond motifs is 1. The molecule has 1 aromatic heterocycles. The minimum atomic E-state index is 0.616. The summed E-state index contributed by atoms with van der Waals surface area (Å²) < 4.78 is 0. The van der Waals surface area contributed by atoms with Gasteiger partial charge in [0.15, 0.2) is 0 Å². The van der Waals surface area contributed by atoms with Crippen molar-refractivity contribution in [3.05, 3.63) is 29.6 Å². The largest absolute Gasteiger partial charge is 0.314 e. The number of hydrogen-bond acceptors (Lipinski definition) is 2. The number of aromatic nitrogens is 1. The van der Waals surface area contributed by atoms with E-state index < -0.39 is 0 Å². The van der Waals surface area contributed by atoms with E-state index in [9.17, 15) is 0 Å². The van der Waals surface area contributed by atoms with E-state index in [0.29, 0.717) is 12.0 Å². The van der Waals surface area contributed by atoms with Gasteiger partial charge in [-0.15, -0.1) is 0 Å². The third kappa shape index (κ3) is 3.79. The monoisotopic (exact) mass is 260 g/mol. The zero-order valence-corrected chi connectivity index (χ0v) is 12.5. The molecule has 0 spiro atoms. The first-order valence-electron chi connectivity index (χ1n) is 8.04. The Hall–Kier alpha value is -0.890. The summed E-state index contributed by atoms with van der Waals surface area (Å²) in [5, 5.41) is 3.71. The first kappa shape index (κ1) is 14.5. The van der Waals surface area contributed by atoms with Crippen LogP contribution >= 0.6 is 0 Å². The first-order chi connectivity index (χ1) is 9.36. The van der Waals surface area contributed by atoms with Gasteiger partial charge in [-0.3, -0.25) is 4.98 Å². The Kier molecular flexibility index (Phi) is 5.84. The highest BCUT2D eigenvalue weighted by Crippen LogP contribution is 2.34. The average Bonchev–Trinajstić information content (AvgIpc) is 2.46. The van der Waals surface area contributed by atoms with Gasteiger partial charge in [-0.05, 0) is 43.9 Å². The van der Waals surface area contributed by atoms with E-state index in [4.69, 9.17) is 4.98 Å². The Labute approximate surface area is 118 Å². The highest BCUT2D eigenvalue weighted by molar-refractivity contribution is 5.27. The van der Waals surface area contributed by atoms with Crippen LogP contribution in [0.25, 0.3) is 0 Å². The van der Waals surface area contributed by atoms with Crippen LogP contribution in [0.3, 0.4) is 0 Å². The molecule has 1 aromatic rings. The molecule has 1 heterocycles. The van der Waals surface area contributed by atoms with E-state index in [1.807, 2.05) is 6.20 Å². The fourth-order valence-electron chi connectivity index (χ4n) is 3.36. The third-order valence-electron chi connectivity index (χ3n) is 4.31. The average molecular weight is 260 g/mol. The second kappa shape index (κ2) is 7.64. The molecule has 1 aliphatic carbocycles. The van der Waals surface area contributed by atoms with Crippen molar-refractivity contribution in [3.63, 3.8) is 0 Å². The van der Waals surface area contributed by atoms with Crippen LogP contribution in [0.2, 0.25) is 0 Å². The molecule has 0 bridgehead atoms. The maximum atomic E-state index is 4.69. The number of likely N-dealkylation sites (N-methyl/N-ethyl adjacent to an activating group) is 1. The minimum absolute atomic E-state index is 0.616. The van der Waals surface area contributed by atoms with Crippen molar-refractivity contribution >= 4 is 0 Å². The lowest BCUT2D eigenvalue weighted by Gasteiger charge is -2.32. The van der Waals surface area contributed by atoms with Crippen molar-refractivity contribution in [3.8, 4) is 0 Å². The van der Waals surface area contributed by atoms with Crippen molar-refractivity contribution in [1.29, 1.82) is 0 Å². The van der Waals surface area contributed by atoms with Gasteiger partial charge in [0, 0.05) is 23.9 Å². The molecule has 2 nitrogen and oxygen atoms in total. The van der Waals surface area contributed by atoms with E-state index in [1.165, 1.54) is 56.2 Å². The summed E-state index contributed by atoms with van der Waals surface area (Å²) >= 11 is 0. The number of rotatable bonds is 7. The SMILES string of the molecule is CCCCCC(NCC)C1CCCc2cccnc21. The maximum absolute atomic E-state index is 4.69. The second-order valence-electron chi connectivity index (χ2n) is 5.71. The first-order valence-corrected chi connectivity index (χ1v) is 8.04. The van der Waals surface area contributed by atoms with Crippen molar-refractivity contribution < 1.29 is 0 Å². The zero-order valence-electron chi connectivity index (χ0n) is 12.5. The molecule has 0 aliphatic heterocycles. The molecule has 0 saturated heterocycles. The van der Waals surface area contributed by atoms with Crippen molar-refractivity contribution in [1.82, 2.24) is 10.3 Å². The molecule has 2 atom stereocenters. The standard InChI is InChI=1S/C17H28N2/c1-3-5-6-12-16(18-4-2)15-11-7-9-14-10-8-13-19-17(14)15/h8,10,13,15-16,18H,3-7,9,11-12H2,1-2H3. The highest BCUT2D eigenvalue weighted by Gasteiger charge is 2.27. The maximum Gasteiger partial charge on any atom is 0.0481 e. The highest BCUT2D eigenvalue weighted by atomic mass is 14.9. The molecule has 0 radical (unpaired) electrons. The van der Waals surface area contributed by atoms with Gasteiger partial charge in [0.05, 0.1) is 0 Å². The number of aryl methyl sites for hydroxylation is 1. The van der Waals surface area contributed by atoms with Gasteiger partial charge >= 0.3 is 0 Å². The van der Waals surface area contributed by atoms with Gasteiger partial charge in [0.2, 0.25) is 0 Å². The number of unbranched alkanes of at least 4 members (excludes halogenated alkanes) is 2. The van der Waals surface area contributed by atoms with Crippen molar-refractivity contribution in [2.24, 2.45) is 0 Å². The number of pyridine rings is 1. The fraction of sp³-hybridized carbons (Fsp3) is 0.706. The molecule has 2 rings (SSSR count). The van der Waals surface area contributed by atoms with Gasteiger partial charge in [-0.25, -0.2) is 0 Å². The van der Waals surface area contributed by atoms with Crippen molar-refractivity contribution in [2.45, 2.75) is 70.8 Å². The van der Waals surface area contributed by atoms with Gasteiger partial charge in [-0.2, -0.15) is 0 Å². The third-order valence-corrected chi connectivity index (χ3v) is 4.31. The van der Waals surface area contributed by atoms with E-state index in [0.717, 1.165) is 6.54 Å². The molecule has 19 heavy (non-hydrogen) atoms. The molecule has 106 valence electrons. The van der Waals surface area contributed by atoms with Crippen LogP contribution in [0.5, 0.6) is 0 Å². The Morgan fingerprint density at radius 2 is 2.26 bits per heavy atom. The Morgan fingerprint density at radius 3 is 3.05 bits per heavy atom. The van der Waals surface area contributed by atoms with Crippen LogP contribution in [0.4, 0.5) is 0 Å². The topological polar surface area (TPSA) is 24.9 Å². The molecule has 0 aromatic carbocycles. The van der Waals surface area contributed by atoms with Gasteiger partial charge in [-0.1, -0.05) is 39.2 Å². The molecular formula is C17H28N2. The predicted molar refractivity (Wildman–Crippen MR) is 81.5 cm³/mol. The number of hydrogen-bond donors (Lipinski definition) is 1. The molecule has 0 saturated carbocycles. The van der Waals surface area contributed by atoms with Crippen LogP contribution in [0, 0.1) is 0 Å². The summed E-state index contributed by atoms with van der Waals surface area (Å²) in [4.78, 5) is 4.69. The van der Waals surface area contributed by atoms with Crippen molar-refractivity contribution in [2.75, 3.05) is 6.54 Å². The lowest BCUT2D eigenvalue weighted by molar-refractivity contribution is 0.362. The van der Waals surface area contributed by atoms with E-state index in [2.05, 4.69) is 31.3 Å². The zero-order chi connectivity index (χ0) is 13.5. The molecule has 0 amide bonds. The Bertz CT molecular complexity index is 375. The van der Waals surface area contributed by atoms with Gasteiger partial charge in [0.25, 0.3) is 0 Å². The van der Waals surface area contributed by atoms with Gasteiger partial charge < -0.3 is 5.32 Å². The summed E-state index contributed by atoms with van der Waals surface area (Å²) in [6.07, 6.45) is 11.1. The van der Waals surface area contributed by atoms with E-state index in [-0.39, 0.29) is 0 Å². The normalized spacial score (nSPS) is 20.0. The predicted octanol–water partition coefficient (Wildman–Crippen LogP) is 4.06. The molecule has 0 fully saturated rings. The van der Waals surface area contributed by atoms with Crippen LogP contribution in [-0.2, 0) is 6.42 Å². The molecule has 2 unspecified atom stereocenters. The van der Waals surface area contributed by atoms with Crippen LogP contribution in [0.1, 0.15) is 69.5 Å². The molecule has 1 aliphatic rings. The Morgan fingerprint density at radius 1 is 1.37 bits per heavy atom. The lowest BCUT2D eigenvalue weighted by Crippen LogP contribution is -2.37. The smallest absolute Gasteiger partial charge is 0.0481 e. The second-order valence-corrected chi connectivity index (χ2v) is 5.71. The van der Waals surface area contributed by atoms with Crippen LogP contribution in [0.15, 0.2) is 18.3 Å². The molecule has 1 N–H and O–H groups in total. The fourth-order valence-corrected chi connectivity index (χ4v) is 3.36. The lowest BCUT2D eigenvalue weighted by atomic mass is 9.80. The Balaban J connectivity index is 2.08. The van der Waals surface area contributed by atoms with E-state index in [1.54, 1.807) is 0 Å². The summed E-state index contributed by atoms with van der Waals surface area (Å²) in [6, 6.07) is 4.97. The minimum Gasteiger partial charge on any atom is -0.314 e. The van der Waals surface area contributed by atoms with Crippen LogP contribution in [-0.4, -0.2) is 17.6 Å². The van der Waals surface area contributed by atoms with E-state index >= 15 is 0 Å². The summed E-state index contributed by atoms with van der Waals surface area (Å²) in [7, 11) is 0. The quantitative estimate of drug-likeness (QED) is 0.748. The summed E-state index contributed by atoms with van der Waals surface area (Å²) in [5.74, 6) is 0.627. The van der Waals surface area contributed by atoms with Gasteiger partial charge in [0.1, 0.15) is 0 Å².